The van der Waals surface area contributed by atoms with Crippen molar-refractivity contribution in [2.24, 2.45) is 0 Å². The lowest BCUT2D eigenvalue weighted by Gasteiger charge is -2.24. The second-order valence-electron chi connectivity index (χ2n) is 6.94. The Morgan fingerprint density at radius 3 is 2.71 bits per heavy atom. The first-order chi connectivity index (χ1) is 13.5. The summed E-state index contributed by atoms with van der Waals surface area (Å²) < 4.78 is 1.77. The summed E-state index contributed by atoms with van der Waals surface area (Å²) in [5, 5.41) is 14.5. The van der Waals surface area contributed by atoms with Crippen molar-refractivity contribution in [1.29, 1.82) is 0 Å². The van der Waals surface area contributed by atoms with E-state index in [9.17, 15) is 4.79 Å². The zero-order chi connectivity index (χ0) is 19.9. The molecule has 2 amide bonds. The third-order valence-electron chi connectivity index (χ3n) is 4.94. The van der Waals surface area contributed by atoms with E-state index in [1.54, 1.807) is 15.9 Å². The van der Waals surface area contributed by atoms with Gasteiger partial charge in [-0.25, -0.2) is 9.78 Å². The van der Waals surface area contributed by atoms with Crippen LogP contribution in [0.2, 0.25) is 0 Å². The minimum atomic E-state index is -0.0993. The maximum Gasteiger partial charge on any atom is 0.317 e. The number of aryl methyl sites for hydroxylation is 3. The molecule has 28 heavy (non-hydrogen) atoms. The van der Waals surface area contributed by atoms with E-state index in [0.29, 0.717) is 13.1 Å². The zero-order valence-corrected chi connectivity index (χ0v) is 16.6. The van der Waals surface area contributed by atoms with Crippen LogP contribution >= 0.6 is 0 Å². The van der Waals surface area contributed by atoms with Gasteiger partial charge in [0, 0.05) is 25.8 Å². The van der Waals surface area contributed by atoms with Gasteiger partial charge in [0.15, 0.2) is 0 Å². The molecule has 2 heterocycles. The first-order valence-electron chi connectivity index (χ1n) is 9.44. The quantitative estimate of drug-likeness (QED) is 0.627. The second-order valence-corrected chi connectivity index (χ2v) is 6.94. The van der Waals surface area contributed by atoms with E-state index in [1.165, 1.54) is 11.9 Å². The first-order valence-corrected chi connectivity index (χ1v) is 9.44. The molecule has 1 atom stereocenters. The first kappa shape index (κ1) is 19.6. The highest BCUT2D eigenvalue weighted by Gasteiger charge is 2.18. The smallest absolute Gasteiger partial charge is 0.317 e. The van der Waals surface area contributed by atoms with Crippen LogP contribution in [0, 0.1) is 13.8 Å². The second kappa shape index (κ2) is 9.16. The molecule has 0 saturated carbocycles. The van der Waals surface area contributed by atoms with Gasteiger partial charge in [-0.05, 0) is 37.8 Å². The van der Waals surface area contributed by atoms with E-state index in [4.69, 9.17) is 0 Å². The number of hydrogen-bond acceptors (Lipinski definition) is 4. The Hall–Kier alpha value is -3.16. The Bertz CT molecular complexity index is 854. The van der Waals surface area contributed by atoms with Crippen molar-refractivity contribution in [2.45, 2.75) is 39.3 Å². The van der Waals surface area contributed by atoms with Crippen molar-refractivity contribution >= 4 is 6.03 Å². The van der Waals surface area contributed by atoms with Gasteiger partial charge in [0.25, 0.3) is 0 Å². The highest BCUT2D eigenvalue weighted by Crippen LogP contribution is 2.18. The van der Waals surface area contributed by atoms with E-state index in [2.05, 4.69) is 25.6 Å². The van der Waals surface area contributed by atoms with Crippen LogP contribution in [0.25, 0.3) is 0 Å². The molecule has 0 bridgehead atoms. The van der Waals surface area contributed by atoms with Crippen LogP contribution in [0.4, 0.5) is 4.79 Å². The van der Waals surface area contributed by atoms with Gasteiger partial charge in [0.1, 0.15) is 12.7 Å². The molecule has 3 rings (SSSR count). The lowest BCUT2D eigenvalue weighted by atomic mass is 10.0. The lowest BCUT2D eigenvalue weighted by Crippen LogP contribution is -2.40. The number of carbonyl (C=O) groups excluding carboxylic acids is 1. The van der Waals surface area contributed by atoms with Crippen LogP contribution in [0.15, 0.2) is 43.0 Å². The van der Waals surface area contributed by atoms with E-state index in [0.717, 1.165) is 29.8 Å². The van der Waals surface area contributed by atoms with Crippen LogP contribution in [0.1, 0.15) is 35.0 Å². The number of benzene rings is 1. The third kappa shape index (κ3) is 4.97. The van der Waals surface area contributed by atoms with Gasteiger partial charge in [-0.1, -0.05) is 30.3 Å². The molecule has 2 aromatic heterocycles. The van der Waals surface area contributed by atoms with Crippen LogP contribution in [-0.2, 0) is 13.0 Å². The zero-order valence-electron chi connectivity index (χ0n) is 16.6. The molecule has 2 N–H and O–H groups in total. The number of likely N-dealkylation sites (N-methyl/N-ethyl adjacent to an activating group) is 1. The molecule has 0 fully saturated rings. The van der Waals surface area contributed by atoms with Gasteiger partial charge in [-0.15, -0.1) is 0 Å². The number of nitrogens with one attached hydrogen (secondary N) is 2. The number of H-pyrrole nitrogens is 1. The summed E-state index contributed by atoms with van der Waals surface area (Å²) in [5.74, 6) is 0. The van der Waals surface area contributed by atoms with Crippen LogP contribution < -0.4 is 5.32 Å². The van der Waals surface area contributed by atoms with E-state index in [1.807, 2.05) is 51.2 Å². The molecule has 8 nitrogen and oxygen atoms in total. The molecule has 1 aromatic carbocycles. The fourth-order valence-electron chi connectivity index (χ4n) is 3.20. The number of nitrogens with zero attached hydrogens (tertiary/aromatic N) is 5. The summed E-state index contributed by atoms with van der Waals surface area (Å²) in [6.07, 6.45) is 4.70. The Kier molecular flexibility index (Phi) is 6.41. The number of urea groups is 1. The minimum absolute atomic E-state index is 0.0914. The maximum atomic E-state index is 12.8. The number of rotatable bonds is 8. The third-order valence-corrected chi connectivity index (χ3v) is 4.94. The molecule has 0 radical (unpaired) electrons. The number of hydrogen-bond donors (Lipinski definition) is 2. The van der Waals surface area contributed by atoms with Crippen LogP contribution in [0.3, 0.4) is 0 Å². The monoisotopic (exact) mass is 381 g/mol. The van der Waals surface area contributed by atoms with Crippen molar-refractivity contribution in [1.82, 2.24) is 35.2 Å². The predicted molar refractivity (Wildman–Crippen MR) is 107 cm³/mol. The molecule has 0 spiro atoms. The average Bonchev–Trinajstić information content (AvgIpc) is 3.34. The number of aromatic amines is 1. The Morgan fingerprint density at radius 1 is 1.29 bits per heavy atom. The van der Waals surface area contributed by atoms with E-state index < -0.39 is 0 Å². The topological polar surface area (TPSA) is 91.7 Å². The Balaban J connectivity index is 1.61. The molecule has 0 saturated heterocycles. The van der Waals surface area contributed by atoms with Crippen LogP contribution in [-0.4, -0.2) is 49.5 Å². The Morgan fingerprint density at radius 2 is 2.07 bits per heavy atom. The molecule has 0 aliphatic carbocycles. The largest absolute Gasteiger partial charge is 0.331 e. The standard InChI is InChI=1S/C20H27N7O/c1-15-18(16(2)25-24-15)9-11-26(3)20(28)23-19(17-7-5-4-6-8-17)10-12-27-14-21-13-22-27/h4-8,13-14,19H,9-12H2,1-3H3,(H,23,28)(H,24,25)/t19-/m1/s1. The fraction of sp³-hybridized carbons (Fsp3) is 0.400. The average molecular weight is 381 g/mol. The number of carbonyl (C=O) groups is 1. The normalized spacial score (nSPS) is 12.0. The summed E-state index contributed by atoms with van der Waals surface area (Å²) >= 11 is 0. The predicted octanol–water partition coefficient (Wildman–Crippen LogP) is 2.63. The lowest BCUT2D eigenvalue weighted by molar-refractivity contribution is 0.203. The molecule has 0 aliphatic rings. The molecule has 0 unspecified atom stereocenters. The van der Waals surface area contributed by atoms with Crippen molar-refractivity contribution in [2.75, 3.05) is 13.6 Å². The molecule has 0 aliphatic heterocycles. The molecule has 8 heteroatoms. The summed E-state index contributed by atoms with van der Waals surface area (Å²) in [4.78, 5) is 18.5. The Labute approximate surface area is 165 Å². The van der Waals surface area contributed by atoms with Gasteiger partial charge < -0.3 is 10.2 Å². The van der Waals surface area contributed by atoms with Gasteiger partial charge >= 0.3 is 6.03 Å². The molecular formula is C20H27N7O. The maximum absolute atomic E-state index is 12.8. The van der Waals surface area contributed by atoms with Crippen molar-refractivity contribution < 1.29 is 4.79 Å². The summed E-state index contributed by atoms with van der Waals surface area (Å²) in [6, 6.07) is 9.82. The summed E-state index contributed by atoms with van der Waals surface area (Å²) in [6.45, 7) is 5.29. The van der Waals surface area contributed by atoms with Gasteiger partial charge in [-0.2, -0.15) is 10.2 Å². The molecular weight excluding hydrogens is 354 g/mol. The summed E-state index contributed by atoms with van der Waals surface area (Å²) in [5.41, 5.74) is 4.29. The SMILES string of the molecule is Cc1n[nH]c(C)c1CCN(C)C(=O)N[C@H](CCn1cncn1)c1ccccc1. The van der Waals surface area contributed by atoms with Gasteiger partial charge in [0.2, 0.25) is 0 Å². The fourth-order valence-corrected chi connectivity index (χ4v) is 3.20. The van der Waals surface area contributed by atoms with Gasteiger partial charge in [0.05, 0.1) is 11.7 Å². The van der Waals surface area contributed by atoms with Crippen molar-refractivity contribution in [3.63, 3.8) is 0 Å². The summed E-state index contributed by atoms with van der Waals surface area (Å²) in [7, 11) is 1.82. The minimum Gasteiger partial charge on any atom is -0.331 e. The van der Waals surface area contributed by atoms with Gasteiger partial charge in [-0.3, -0.25) is 9.78 Å². The highest BCUT2D eigenvalue weighted by atomic mass is 16.2. The van der Waals surface area contributed by atoms with Crippen LogP contribution in [0.5, 0.6) is 0 Å². The van der Waals surface area contributed by atoms with E-state index in [-0.39, 0.29) is 12.1 Å². The highest BCUT2D eigenvalue weighted by molar-refractivity contribution is 5.74. The molecule has 3 aromatic rings. The van der Waals surface area contributed by atoms with Crippen molar-refractivity contribution in [3.05, 3.63) is 65.5 Å². The molecule has 148 valence electrons. The number of amides is 2. The van der Waals surface area contributed by atoms with Crippen molar-refractivity contribution in [3.8, 4) is 0 Å². The number of aromatic nitrogens is 5. The van der Waals surface area contributed by atoms with E-state index >= 15 is 0 Å².